The molecule has 0 saturated heterocycles. The van der Waals surface area contributed by atoms with Crippen LogP contribution in [0.25, 0.3) is 0 Å². The Labute approximate surface area is 170 Å². The number of rotatable bonds is 4. The highest BCUT2D eigenvalue weighted by atomic mass is 32.1. The van der Waals surface area contributed by atoms with Gasteiger partial charge in [0.05, 0.1) is 0 Å². The molecular formula is C21H15F2N3O2S. The van der Waals surface area contributed by atoms with Crippen molar-refractivity contribution >= 4 is 40.5 Å². The van der Waals surface area contributed by atoms with Crippen LogP contribution in [0.2, 0.25) is 0 Å². The van der Waals surface area contributed by atoms with E-state index in [2.05, 4.69) is 16.0 Å². The van der Waals surface area contributed by atoms with Crippen molar-refractivity contribution in [2.75, 3.05) is 10.6 Å². The van der Waals surface area contributed by atoms with Crippen LogP contribution in [0.15, 0.2) is 72.8 Å². The van der Waals surface area contributed by atoms with Crippen molar-refractivity contribution in [1.82, 2.24) is 5.32 Å². The number of carbonyl (C=O) groups excluding carboxylic acids is 2. The fourth-order valence-electron chi connectivity index (χ4n) is 2.41. The van der Waals surface area contributed by atoms with Gasteiger partial charge in [0.1, 0.15) is 11.6 Å². The van der Waals surface area contributed by atoms with Gasteiger partial charge in [-0.15, -0.1) is 0 Å². The van der Waals surface area contributed by atoms with E-state index in [1.54, 1.807) is 24.3 Å². The van der Waals surface area contributed by atoms with Crippen LogP contribution in [-0.4, -0.2) is 16.9 Å². The van der Waals surface area contributed by atoms with Crippen LogP contribution in [-0.2, 0) is 0 Å². The van der Waals surface area contributed by atoms with Crippen LogP contribution in [0, 0.1) is 11.6 Å². The third kappa shape index (κ3) is 5.66. The second-order valence-corrected chi connectivity index (χ2v) is 6.37. The molecule has 5 nitrogen and oxygen atoms in total. The minimum Gasteiger partial charge on any atom is -0.332 e. The van der Waals surface area contributed by atoms with Crippen LogP contribution < -0.4 is 16.0 Å². The maximum atomic E-state index is 13.0. The van der Waals surface area contributed by atoms with Crippen LogP contribution >= 0.6 is 12.2 Å². The van der Waals surface area contributed by atoms with Gasteiger partial charge in [0.15, 0.2) is 5.11 Å². The molecule has 0 radical (unpaired) electrons. The Morgan fingerprint density at radius 3 is 1.97 bits per heavy atom. The SMILES string of the molecule is O=C(NC(=S)Nc1cccc(C(=O)Nc2ccc(F)cc2)c1)c1ccc(F)cc1. The predicted molar refractivity (Wildman–Crippen MR) is 111 cm³/mol. The Balaban J connectivity index is 1.62. The summed E-state index contributed by atoms with van der Waals surface area (Å²) >= 11 is 5.11. The molecule has 3 aromatic carbocycles. The second-order valence-electron chi connectivity index (χ2n) is 5.96. The summed E-state index contributed by atoms with van der Waals surface area (Å²) in [6.07, 6.45) is 0. The molecule has 0 atom stereocenters. The lowest BCUT2D eigenvalue weighted by Gasteiger charge is -2.11. The third-order valence-electron chi connectivity index (χ3n) is 3.82. The van der Waals surface area contributed by atoms with Crippen molar-refractivity contribution in [1.29, 1.82) is 0 Å². The number of thiocarbonyl (C=S) groups is 1. The van der Waals surface area contributed by atoms with E-state index >= 15 is 0 Å². The molecule has 0 saturated carbocycles. The molecule has 0 spiro atoms. The van der Waals surface area contributed by atoms with E-state index in [4.69, 9.17) is 12.2 Å². The van der Waals surface area contributed by atoms with Gasteiger partial charge < -0.3 is 10.6 Å². The maximum absolute atomic E-state index is 13.0. The first-order valence-electron chi connectivity index (χ1n) is 8.45. The van der Waals surface area contributed by atoms with Gasteiger partial charge in [0.2, 0.25) is 0 Å². The number of hydrogen-bond acceptors (Lipinski definition) is 3. The molecule has 2 amide bonds. The summed E-state index contributed by atoms with van der Waals surface area (Å²) in [6.45, 7) is 0. The fourth-order valence-corrected chi connectivity index (χ4v) is 2.62. The summed E-state index contributed by atoms with van der Waals surface area (Å²) in [6, 6.07) is 16.9. The predicted octanol–water partition coefficient (Wildman–Crippen LogP) is 4.34. The van der Waals surface area contributed by atoms with E-state index in [1.807, 2.05) is 0 Å². The Morgan fingerprint density at radius 1 is 0.690 bits per heavy atom. The molecule has 3 N–H and O–H groups in total. The molecule has 0 bridgehead atoms. The Kier molecular flexibility index (Phi) is 6.25. The van der Waals surface area contributed by atoms with Crippen LogP contribution in [0.1, 0.15) is 20.7 Å². The number of carbonyl (C=O) groups is 2. The van der Waals surface area contributed by atoms with E-state index in [1.165, 1.54) is 48.5 Å². The van der Waals surface area contributed by atoms with Gasteiger partial charge >= 0.3 is 0 Å². The van der Waals surface area contributed by atoms with Crippen molar-refractivity contribution in [3.8, 4) is 0 Å². The van der Waals surface area contributed by atoms with Crippen molar-refractivity contribution < 1.29 is 18.4 Å². The molecule has 0 unspecified atom stereocenters. The van der Waals surface area contributed by atoms with Crippen molar-refractivity contribution in [2.45, 2.75) is 0 Å². The topological polar surface area (TPSA) is 70.2 Å². The molecule has 0 aliphatic heterocycles. The number of anilines is 2. The van der Waals surface area contributed by atoms with Gasteiger partial charge in [-0.3, -0.25) is 14.9 Å². The minimum atomic E-state index is -0.493. The van der Waals surface area contributed by atoms with E-state index in [0.717, 1.165) is 0 Å². The Hall–Kier alpha value is -3.65. The second kappa shape index (κ2) is 9.03. The highest BCUT2D eigenvalue weighted by Crippen LogP contribution is 2.14. The van der Waals surface area contributed by atoms with Gasteiger partial charge in [0.25, 0.3) is 11.8 Å². The highest BCUT2D eigenvalue weighted by molar-refractivity contribution is 7.80. The summed E-state index contributed by atoms with van der Waals surface area (Å²) in [5.41, 5.74) is 1.54. The molecule has 0 aromatic heterocycles. The molecule has 0 aliphatic rings. The van der Waals surface area contributed by atoms with Crippen molar-refractivity contribution in [3.05, 3.63) is 95.6 Å². The lowest BCUT2D eigenvalue weighted by molar-refractivity contribution is 0.0976. The fraction of sp³-hybridized carbons (Fsp3) is 0. The lowest BCUT2D eigenvalue weighted by atomic mass is 10.2. The number of nitrogens with one attached hydrogen (secondary N) is 3. The number of hydrogen-bond donors (Lipinski definition) is 3. The summed E-state index contributed by atoms with van der Waals surface area (Å²) < 4.78 is 25.9. The molecule has 29 heavy (non-hydrogen) atoms. The largest absolute Gasteiger partial charge is 0.332 e. The number of benzene rings is 3. The van der Waals surface area contributed by atoms with Gasteiger partial charge in [-0.25, -0.2) is 8.78 Å². The standard InChI is InChI=1S/C21H15F2N3O2S/c22-15-6-4-13(5-7-15)19(27)26-21(29)25-18-3-1-2-14(12-18)20(28)24-17-10-8-16(23)9-11-17/h1-12H,(H,24,28)(H2,25,26,27,29). The van der Waals surface area contributed by atoms with Crippen LogP contribution in [0.5, 0.6) is 0 Å². The van der Waals surface area contributed by atoms with E-state index in [0.29, 0.717) is 16.9 Å². The van der Waals surface area contributed by atoms with E-state index in [9.17, 15) is 18.4 Å². The average molecular weight is 411 g/mol. The molecule has 3 aromatic rings. The first-order valence-corrected chi connectivity index (χ1v) is 8.86. The van der Waals surface area contributed by atoms with Gasteiger partial charge in [-0.1, -0.05) is 6.07 Å². The molecule has 0 heterocycles. The summed E-state index contributed by atoms with van der Waals surface area (Å²) in [7, 11) is 0. The normalized spacial score (nSPS) is 10.1. The Morgan fingerprint density at radius 2 is 1.31 bits per heavy atom. The highest BCUT2D eigenvalue weighted by Gasteiger charge is 2.10. The first-order chi connectivity index (χ1) is 13.9. The summed E-state index contributed by atoms with van der Waals surface area (Å²) in [4.78, 5) is 24.5. The first kappa shape index (κ1) is 20.1. The molecule has 146 valence electrons. The van der Waals surface area contributed by atoms with Crippen molar-refractivity contribution in [3.63, 3.8) is 0 Å². The van der Waals surface area contributed by atoms with Crippen LogP contribution in [0.4, 0.5) is 20.2 Å². The monoisotopic (exact) mass is 411 g/mol. The molecule has 0 aliphatic carbocycles. The molecule has 3 rings (SSSR count). The molecule has 0 fully saturated rings. The molecular weight excluding hydrogens is 396 g/mol. The molecule has 8 heteroatoms. The summed E-state index contributed by atoms with van der Waals surface area (Å²) in [5, 5.41) is 7.98. The van der Waals surface area contributed by atoms with Crippen molar-refractivity contribution in [2.24, 2.45) is 0 Å². The summed E-state index contributed by atoms with van der Waals surface area (Å²) in [5.74, 6) is -1.72. The van der Waals surface area contributed by atoms with E-state index < -0.39 is 17.5 Å². The minimum absolute atomic E-state index is 0.0235. The average Bonchev–Trinajstić information content (AvgIpc) is 2.70. The van der Waals surface area contributed by atoms with Gasteiger partial charge in [-0.2, -0.15) is 0 Å². The maximum Gasteiger partial charge on any atom is 0.257 e. The number of halogens is 2. The lowest BCUT2D eigenvalue weighted by Crippen LogP contribution is -2.34. The zero-order valence-electron chi connectivity index (χ0n) is 14.9. The van der Waals surface area contributed by atoms with Gasteiger partial charge in [0, 0.05) is 22.5 Å². The van der Waals surface area contributed by atoms with E-state index in [-0.39, 0.29) is 16.6 Å². The number of amides is 2. The van der Waals surface area contributed by atoms with Crippen LogP contribution in [0.3, 0.4) is 0 Å². The zero-order chi connectivity index (χ0) is 20.8. The quantitative estimate of drug-likeness (QED) is 0.559. The third-order valence-corrected chi connectivity index (χ3v) is 4.02. The Bertz CT molecular complexity index is 1050. The smallest absolute Gasteiger partial charge is 0.257 e. The van der Waals surface area contributed by atoms with Gasteiger partial charge in [-0.05, 0) is 78.9 Å². The zero-order valence-corrected chi connectivity index (χ0v) is 15.7.